The van der Waals surface area contributed by atoms with Gasteiger partial charge in [0.1, 0.15) is 27.6 Å². The van der Waals surface area contributed by atoms with E-state index in [1.807, 2.05) is 12.1 Å². The number of thioether (sulfide) groups is 1. The molecule has 2 atom stereocenters. The molecule has 2 aliphatic heterocycles. The number of rotatable bonds is 5. The van der Waals surface area contributed by atoms with Crippen molar-refractivity contribution in [3.63, 3.8) is 0 Å². The van der Waals surface area contributed by atoms with Gasteiger partial charge in [-0.2, -0.15) is 0 Å². The van der Waals surface area contributed by atoms with E-state index in [1.165, 1.54) is 28.0 Å². The zero-order chi connectivity index (χ0) is 19.0. The lowest BCUT2D eigenvalue weighted by Gasteiger charge is -2.49. The molecule has 2 aromatic rings. The summed E-state index contributed by atoms with van der Waals surface area (Å²) in [6.45, 7) is 0. The van der Waals surface area contributed by atoms with Crippen LogP contribution >= 0.6 is 35.3 Å². The van der Waals surface area contributed by atoms with Crippen LogP contribution < -0.4 is 5.32 Å². The predicted molar refractivity (Wildman–Crippen MR) is 105 cm³/mol. The SMILES string of the molecule is O=C(O)C1=C(c2nncs2)CS[C@H]2C(NC(=S)Cc3ccncc3)C(=O)N12. The quantitative estimate of drug-likeness (QED) is 0.545. The Morgan fingerprint density at radius 1 is 1.41 bits per heavy atom. The van der Waals surface area contributed by atoms with Gasteiger partial charge in [0, 0.05) is 30.1 Å². The summed E-state index contributed by atoms with van der Waals surface area (Å²) in [5.74, 6) is -0.999. The van der Waals surface area contributed by atoms with Crippen LogP contribution in [0.3, 0.4) is 0 Å². The number of aromatic nitrogens is 3. The highest BCUT2D eigenvalue weighted by Crippen LogP contribution is 2.43. The van der Waals surface area contributed by atoms with E-state index in [-0.39, 0.29) is 17.0 Å². The fourth-order valence-corrected chi connectivity index (χ4v) is 5.33. The molecule has 0 aromatic carbocycles. The number of thiocarbonyl (C=S) groups is 1. The maximum atomic E-state index is 12.7. The number of carbonyl (C=O) groups excluding carboxylic acids is 1. The highest BCUT2D eigenvalue weighted by Gasteiger charge is 2.54. The number of fused-ring (bicyclic) bond motifs is 1. The smallest absolute Gasteiger partial charge is 0.353 e. The van der Waals surface area contributed by atoms with Crippen LogP contribution in [0.5, 0.6) is 0 Å². The number of hydrogen-bond acceptors (Lipinski definition) is 8. The summed E-state index contributed by atoms with van der Waals surface area (Å²) in [4.78, 5) is 30.3. The van der Waals surface area contributed by atoms with E-state index in [0.717, 1.165) is 5.56 Å². The Morgan fingerprint density at radius 2 is 2.19 bits per heavy atom. The van der Waals surface area contributed by atoms with E-state index in [0.29, 0.717) is 27.7 Å². The zero-order valence-corrected chi connectivity index (χ0v) is 16.2. The molecule has 1 saturated heterocycles. The van der Waals surface area contributed by atoms with Gasteiger partial charge in [0.15, 0.2) is 0 Å². The first-order valence-corrected chi connectivity index (χ1v) is 10.3. The van der Waals surface area contributed by atoms with E-state index in [4.69, 9.17) is 12.2 Å². The van der Waals surface area contributed by atoms with E-state index < -0.39 is 12.0 Å². The largest absolute Gasteiger partial charge is 0.477 e. The van der Waals surface area contributed by atoms with Crippen molar-refractivity contribution in [1.82, 2.24) is 25.4 Å². The molecule has 2 N–H and O–H groups in total. The highest BCUT2D eigenvalue weighted by molar-refractivity contribution is 8.00. The molecule has 0 spiro atoms. The first-order valence-electron chi connectivity index (χ1n) is 7.92. The number of aliphatic carboxylic acids is 1. The lowest BCUT2D eigenvalue weighted by molar-refractivity contribution is -0.148. The fourth-order valence-electron chi connectivity index (χ4n) is 3.00. The molecular weight excluding hydrogens is 406 g/mol. The molecule has 0 saturated carbocycles. The summed E-state index contributed by atoms with van der Waals surface area (Å²) in [5, 5.41) is 20.7. The van der Waals surface area contributed by atoms with Crippen LogP contribution in [0, 0.1) is 0 Å². The number of carboxylic acid groups (broad SMARTS) is 1. The van der Waals surface area contributed by atoms with Crippen molar-refractivity contribution in [2.45, 2.75) is 17.8 Å². The zero-order valence-electron chi connectivity index (χ0n) is 13.7. The molecule has 11 heteroatoms. The number of nitrogens with zero attached hydrogens (tertiary/aromatic N) is 4. The van der Waals surface area contributed by atoms with Crippen LogP contribution in [0.2, 0.25) is 0 Å². The van der Waals surface area contributed by atoms with Crippen molar-refractivity contribution in [3.05, 3.63) is 46.3 Å². The van der Waals surface area contributed by atoms with Crippen molar-refractivity contribution in [3.8, 4) is 0 Å². The molecule has 1 fully saturated rings. The third-order valence-electron chi connectivity index (χ3n) is 4.22. The number of nitrogens with one attached hydrogen (secondary N) is 1. The maximum Gasteiger partial charge on any atom is 0.353 e. The van der Waals surface area contributed by atoms with Crippen LogP contribution in [0.15, 0.2) is 35.7 Å². The monoisotopic (exact) mass is 419 g/mol. The number of hydrogen-bond donors (Lipinski definition) is 2. The second-order valence-corrected chi connectivity index (χ2v) is 8.29. The van der Waals surface area contributed by atoms with Gasteiger partial charge in [-0.05, 0) is 17.7 Å². The minimum atomic E-state index is -1.14. The van der Waals surface area contributed by atoms with Gasteiger partial charge >= 0.3 is 5.97 Å². The molecule has 0 radical (unpaired) electrons. The lowest BCUT2D eigenvalue weighted by Crippen LogP contribution is -2.70. The molecular formula is C16H13N5O3S3. The molecule has 0 bridgehead atoms. The molecule has 1 amide bonds. The first kappa shape index (κ1) is 18.0. The highest BCUT2D eigenvalue weighted by atomic mass is 32.2. The average Bonchev–Trinajstić information content (AvgIpc) is 3.20. The Hall–Kier alpha value is -2.37. The van der Waals surface area contributed by atoms with Crippen molar-refractivity contribution in [2.24, 2.45) is 0 Å². The minimum absolute atomic E-state index is 0.0152. The van der Waals surface area contributed by atoms with E-state index >= 15 is 0 Å². The van der Waals surface area contributed by atoms with Crippen molar-refractivity contribution in [1.29, 1.82) is 0 Å². The Morgan fingerprint density at radius 3 is 2.85 bits per heavy atom. The number of carbonyl (C=O) groups is 2. The summed E-state index contributed by atoms with van der Waals surface area (Å²) in [6.07, 6.45) is 3.87. The molecule has 27 heavy (non-hydrogen) atoms. The van der Waals surface area contributed by atoms with E-state index in [2.05, 4.69) is 20.5 Å². The fraction of sp³-hybridized carbons (Fsp3) is 0.250. The Bertz CT molecular complexity index is 932. The van der Waals surface area contributed by atoms with Crippen LogP contribution in [-0.4, -0.2) is 59.2 Å². The van der Waals surface area contributed by atoms with Crippen molar-refractivity contribution >= 4 is 57.8 Å². The minimum Gasteiger partial charge on any atom is -0.477 e. The van der Waals surface area contributed by atoms with Crippen LogP contribution in [0.4, 0.5) is 0 Å². The van der Waals surface area contributed by atoms with Crippen molar-refractivity contribution < 1.29 is 14.7 Å². The molecule has 2 aliphatic rings. The second kappa shape index (κ2) is 7.33. The van der Waals surface area contributed by atoms with Crippen LogP contribution in [0.25, 0.3) is 5.57 Å². The molecule has 0 aliphatic carbocycles. The number of pyridine rings is 1. The maximum absolute atomic E-state index is 12.7. The van der Waals surface area contributed by atoms with Gasteiger partial charge in [-0.3, -0.25) is 14.7 Å². The first-order chi connectivity index (χ1) is 13.1. The summed E-state index contributed by atoms with van der Waals surface area (Å²) in [6, 6.07) is 3.19. The molecule has 8 nitrogen and oxygen atoms in total. The van der Waals surface area contributed by atoms with Gasteiger partial charge in [0.25, 0.3) is 5.91 Å². The van der Waals surface area contributed by atoms with Gasteiger partial charge in [0.2, 0.25) is 0 Å². The second-order valence-electron chi connectivity index (χ2n) is 5.86. The molecule has 138 valence electrons. The number of β-lactam (4-membered cyclic amide) rings is 1. The predicted octanol–water partition coefficient (Wildman–Crippen LogP) is 1.17. The summed E-state index contributed by atoms with van der Waals surface area (Å²) in [7, 11) is 0. The molecule has 4 rings (SSSR count). The third-order valence-corrected chi connectivity index (χ3v) is 6.51. The third kappa shape index (κ3) is 3.33. The van der Waals surface area contributed by atoms with Gasteiger partial charge < -0.3 is 10.4 Å². The number of carboxylic acids is 1. The standard InChI is InChI=1S/C16H13N5O3S3/c22-14-11(19-10(25)5-8-1-3-17-4-2-8)15-21(14)12(16(23)24)9(6-26-15)13-20-18-7-27-13/h1-4,7,11,15H,5-6H2,(H,19,25)(H,23,24)/t11?,15-/m0/s1. The van der Waals surface area contributed by atoms with Gasteiger partial charge in [-0.15, -0.1) is 33.3 Å². The summed E-state index contributed by atoms with van der Waals surface area (Å²) in [5.41, 5.74) is 3.04. The normalized spacial score (nSPS) is 21.5. The van der Waals surface area contributed by atoms with Gasteiger partial charge in [-0.25, -0.2) is 4.79 Å². The van der Waals surface area contributed by atoms with Gasteiger partial charge in [-0.1, -0.05) is 12.2 Å². The summed E-state index contributed by atoms with van der Waals surface area (Å²) < 4.78 is 0. The van der Waals surface area contributed by atoms with E-state index in [9.17, 15) is 14.7 Å². The Balaban J connectivity index is 1.51. The lowest BCUT2D eigenvalue weighted by atomic mass is 10.0. The molecule has 1 unspecified atom stereocenters. The topological polar surface area (TPSA) is 108 Å². The van der Waals surface area contributed by atoms with Crippen LogP contribution in [0.1, 0.15) is 10.6 Å². The summed E-state index contributed by atoms with van der Waals surface area (Å²) >= 11 is 8.12. The average molecular weight is 420 g/mol. The van der Waals surface area contributed by atoms with Crippen LogP contribution in [-0.2, 0) is 16.0 Å². The number of amides is 1. The Kier molecular flexibility index (Phi) is 4.89. The Labute approximate surface area is 167 Å². The van der Waals surface area contributed by atoms with Crippen molar-refractivity contribution in [2.75, 3.05) is 5.75 Å². The molecule has 4 heterocycles. The van der Waals surface area contributed by atoms with E-state index in [1.54, 1.807) is 17.9 Å². The van der Waals surface area contributed by atoms with Gasteiger partial charge in [0.05, 0.1) is 4.99 Å². The molecule has 2 aromatic heterocycles.